The van der Waals surface area contributed by atoms with Crippen LogP contribution in [0.1, 0.15) is 36.2 Å². The first-order chi connectivity index (χ1) is 12.8. The van der Waals surface area contributed by atoms with Crippen molar-refractivity contribution in [3.8, 4) is 5.75 Å². The van der Waals surface area contributed by atoms with Gasteiger partial charge in [-0.15, -0.1) is 0 Å². The molecule has 0 saturated carbocycles. The molecule has 1 atom stereocenters. The molecule has 2 aromatic carbocycles. The van der Waals surface area contributed by atoms with E-state index in [9.17, 15) is 9.59 Å². The first kappa shape index (κ1) is 20.6. The Hall–Kier alpha value is -2.73. The summed E-state index contributed by atoms with van der Waals surface area (Å²) >= 11 is 6.01. The smallest absolute Gasteiger partial charge is 0.255 e. The lowest BCUT2D eigenvalue weighted by atomic mass is 10.1. The van der Waals surface area contributed by atoms with E-state index >= 15 is 0 Å². The highest BCUT2D eigenvalue weighted by Gasteiger charge is 2.15. The van der Waals surface area contributed by atoms with Crippen LogP contribution in [0.2, 0.25) is 5.02 Å². The first-order valence-electron chi connectivity index (χ1n) is 8.66. The highest BCUT2D eigenvalue weighted by molar-refractivity contribution is 6.33. The zero-order valence-electron chi connectivity index (χ0n) is 15.6. The standard InChI is InChI=1S/C20H24ClN3O3/c1-4-12(2)19(25)24-14-7-5-6-13(8-14)11-23-20(26)15-9-16(21)17(22)10-18(15)27-3/h5-10,12H,4,11,22H2,1-3H3,(H,23,26)(H,24,25). The van der Waals surface area contributed by atoms with E-state index < -0.39 is 0 Å². The number of carbonyl (C=O) groups is 2. The molecule has 0 aromatic heterocycles. The summed E-state index contributed by atoms with van der Waals surface area (Å²) in [5.74, 6) is -0.0669. The number of halogens is 1. The molecule has 0 aliphatic rings. The van der Waals surface area contributed by atoms with Crippen LogP contribution in [0.3, 0.4) is 0 Å². The highest BCUT2D eigenvalue weighted by Crippen LogP contribution is 2.28. The molecule has 6 nitrogen and oxygen atoms in total. The second kappa shape index (κ2) is 9.28. The fourth-order valence-electron chi connectivity index (χ4n) is 2.40. The van der Waals surface area contributed by atoms with Gasteiger partial charge in [-0.25, -0.2) is 0 Å². The molecule has 2 aromatic rings. The Kier molecular flexibility index (Phi) is 7.07. The summed E-state index contributed by atoms with van der Waals surface area (Å²) in [5.41, 5.74) is 7.93. The van der Waals surface area contributed by atoms with Crippen molar-refractivity contribution in [3.63, 3.8) is 0 Å². The minimum Gasteiger partial charge on any atom is -0.496 e. The van der Waals surface area contributed by atoms with Gasteiger partial charge in [-0.2, -0.15) is 0 Å². The van der Waals surface area contributed by atoms with E-state index in [1.54, 1.807) is 0 Å². The van der Waals surface area contributed by atoms with Gasteiger partial charge in [0, 0.05) is 24.2 Å². The fourth-order valence-corrected chi connectivity index (χ4v) is 2.57. The summed E-state index contributed by atoms with van der Waals surface area (Å²) in [6, 6.07) is 10.3. The molecule has 2 amide bonds. The van der Waals surface area contributed by atoms with Crippen LogP contribution in [0, 0.1) is 5.92 Å². The largest absolute Gasteiger partial charge is 0.496 e. The van der Waals surface area contributed by atoms with Crippen LogP contribution >= 0.6 is 11.6 Å². The van der Waals surface area contributed by atoms with Crippen molar-refractivity contribution in [1.82, 2.24) is 5.32 Å². The summed E-state index contributed by atoms with van der Waals surface area (Å²) in [7, 11) is 1.46. The summed E-state index contributed by atoms with van der Waals surface area (Å²) in [6.07, 6.45) is 0.771. The second-order valence-electron chi connectivity index (χ2n) is 6.26. The molecule has 7 heteroatoms. The molecular weight excluding hydrogens is 366 g/mol. The number of hydrogen-bond acceptors (Lipinski definition) is 4. The van der Waals surface area contributed by atoms with Gasteiger partial charge >= 0.3 is 0 Å². The predicted octanol–water partition coefficient (Wildman–Crippen LogP) is 3.85. The zero-order valence-corrected chi connectivity index (χ0v) is 16.4. The summed E-state index contributed by atoms with van der Waals surface area (Å²) < 4.78 is 5.20. The maximum atomic E-state index is 12.5. The van der Waals surface area contributed by atoms with Gasteiger partial charge in [-0.1, -0.05) is 37.6 Å². The molecule has 4 N–H and O–H groups in total. The Balaban J connectivity index is 2.07. The van der Waals surface area contributed by atoms with Crippen molar-refractivity contribution >= 4 is 34.8 Å². The number of rotatable bonds is 7. The lowest BCUT2D eigenvalue weighted by Crippen LogP contribution is -2.24. The predicted molar refractivity (Wildman–Crippen MR) is 108 cm³/mol. The molecule has 0 fully saturated rings. The van der Waals surface area contributed by atoms with Crippen LogP contribution in [0.5, 0.6) is 5.75 Å². The van der Waals surface area contributed by atoms with Gasteiger partial charge in [0.15, 0.2) is 0 Å². The average molecular weight is 390 g/mol. The van der Waals surface area contributed by atoms with Gasteiger partial charge in [0.05, 0.1) is 23.4 Å². The second-order valence-corrected chi connectivity index (χ2v) is 6.66. The molecule has 0 aliphatic carbocycles. The van der Waals surface area contributed by atoms with Gasteiger partial charge < -0.3 is 21.1 Å². The Morgan fingerprint density at radius 2 is 2.00 bits per heavy atom. The topological polar surface area (TPSA) is 93.5 Å². The Morgan fingerprint density at radius 3 is 2.67 bits per heavy atom. The first-order valence-corrected chi connectivity index (χ1v) is 9.04. The number of nitrogen functional groups attached to an aromatic ring is 1. The maximum Gasteiger partial charge on any atom is 0.255 e. The Bertz CT molecular complexity index is 839. The number of amides is 2. The van der Waals surface area contributed by atoms with E-state index in [0.29, 0.717) is 22.7 Å². The maximum absolute atomic E-state index is 12.5. The summed E-state index contributed by atoms with van der Waals surface area (Å²) in [5, 5.41) is 5.99. The van der Waals surface area contributed by atoms with Crippen LogP contribution in [-0.4, -0.2) is 18.9 Å². The van der Waals surface area contributed by atoms with Gasteiger partial charge in [0.25, 0.3) is 5.91 Å². The number of carbonyl (C=O) groups excluding carboxylic acids is 2. The molecule has 0 spiro atoms. The molecule has 0 heterocycles. The van der Waals surface area contributed by atoms with E-state index in [0.717, 1.165) is 12.0 Å². The quantitative estimate of drug-likeness (QED) is 0.627. The fraction of sp³-hybridized carbons (Fsp3) is 0.300. The van der Waals surface area contributed by atoms with Gasteiger partial charge in [-0.3, -0.25) is 9.59 Å². The van der Waals surface area contributed by atoms with Crippen LogP contribution in [0.25, 0.3) is 0 Å². The molecule has 0 saturated heterocycles. The Labute approximate surface area is 164 Å². The lowest BCUT2D eigenvalue weighted by molar-refractivity contribution is -0.119. The van der Waals surface area contributed by atoms with Crippen molar-refractivity contribution in [2.24, 2.45) is 5.92 Å². The number of hydrogen-bond donors (Lipinski definition) is 3. The SMILES string of the molecule is CCC(C)C(=O)Nc1cccc(CNC(=O)c2cc(Cl)c(N)cc2OC)c1. The van der Waals surface area contributed by atoms with Crippen LogP contribution in [0.15, 0.2) is 36.4 Å². The third kappa shape index (κ3) is 5.37. The monoisotopic (exact) mass is 389 g/mol. The van der Waals surface area contributed by atoms with Gasteiger partial charge in [0.2, 0.25) is 5.91 Å². The van der Waals surface area contributed by atoms with E-state index in [4.69, 9.17) is 22.1 Å². The van der Waals surface area contributed by atoms with E-state index in [2.05, 4.69) is 10.6 Å². The van der Waals surface area contributed by atoms with Crippen molar-refractivity contribution in [3.05, 3.63) is 52.5 Å². The molecule has 1 unspecified atom stereocenters. The third-order valence-electron chi connectivity index (χ3n) is 4.27. The van der Waals surface area contributed by atoms with Crippen LogP contribution < -0.4 is 21.1 Å². The molecular formula is C20H24ClN3O3. The summed E-state index contributed by atoms with van der Waals surface area (Å²) in [4.78, 5) is 24.5. The molecule has 0 radical (unpaired) electrons. The molecule has 0 bridgehead atoms. The van der Waals surface area contributed by atoms with Gasteiger partial charge in [0.1, 0.15) is 5.75 Å². The zero-order chi connectivity index (χ0) is 20.0. The summed E-state index contributed by atoms with van der Waals surface area (Å²) in [6.45, 7) is 4.13. The highest BCUT2D eigenvalue weighted by atomic mass is 35.5. The number of benzene rings is 2. The van der Waals surface area contributed by atoms with E-state index in [1.807, 2.05) is 38.1 Å². The molecule has 0 aliphatic heterocycles. The van der Waals surface area contributed by atoms with Crippen molar-refractivity contribution < 1.29 is 14.3 Å². The van der Waals surface area contributed by atoms with E-state index in [1.165, 1.54) is 19.2 Å². The lowest BCUT2D eigenvalue weighted by Gasteiger charge is -2.13. The van der Waals surface area contributed by atoms with Crippen LogP contribution in [0.4, 0.5) is 11.4 Å². The number of anilines is 2. The van der Waals surface area contributed by atoms with E-state index in [-0.39, 0.29) is 29.3 Å². The Morgan fingerprint density at radius 1 is 1.26 bits per heavy atom. The minimum absolute atomic E-state index is 0.0278. The molecule has 144 valence electrons. The number of ether oxygens (including phenoxy) is 1. The number of nitrogens with one attached hydrogen (secondary N) is 2. The molecule has 27 heavy (non-hydrogen) atoms. The van der Waals surface area contributed by atoms with Crippen molar-refractivity contribution in [1.29, 1.82) is 0 Å². The third-order valence-corrected chi connectivity index (χ3v) is 4.60. The van der Waals surface area contributed by atoms with Crippen LogP contribution in [-0.2, 0) is 11.3 Å². The average Bonchev–Trinajstić information content (AvgIpc) is 2.67. The molecule has 2 rings (SSSR count). The van der Waals surface area contributed by atoms with Crippen molar-refractivity contribution in [2.75, 3.05) is 18.2 Å². The number of nitrogens with two attached hydrogens (primary N) is 1. The van der Waals surface area contributed by atoms with Crippen molar-refractivity contribution in [2.45, 2.75) is 26.8 Å². The number of methoxy groups -OCH3 is 1. The normalized spacial score (nSPS) is 11.6. The minimum atomic E-state index is -0.331. The van der Waals surface area contributed by atoms with Gasteiger partial charge in [-0.05, 0) is 30.2 Å².